The summed E-state index contributed by atoms with van der Waals surface area (Å²) in [4.78, 5) is 21.4. The van der Waals surface area contributed by atoms with E-state index in [1.807, 2.05) is 41.0 Å². The predicted octanol–water partition coefficient (Wildman–Crippen LogP) is 2.65. The van der Waals surface area contributed by atoms with Crippen molar-refractivity contribution < 1.29 is 4.79 Å². The third-order valence-electron chi connectivity index (χ3n) is 4.43. The lowest BCUT2D eigenvalue weighted by molar-refractivity contribution is 0.102. The fourth-order valence-corrected chi connectivity index (χ4v) is 3.02. The number of imidazole rings is 1. The number of fused-ring (bicyclic) bond motifs is 1. The number of hydrogen-bond acceptors (Lipinski definition) is 6. The number of nitrogens with zero attached hydrogens (tertiary/aromatic N) is 7. The highest BCUT2D eigenvalue weighted by Gasteiger charge is 2.10. The van der Waals surface area contributed by atoms with Crippen LogP contribution in [0.5, 0.6) is 0 Å². The summed E-state index contributed by atoms with van der Waals surface area (Å²) in [5.41, 5.74) is 3.65. The Hall–Kier alpha value is -4.40. The number of aromatic nitrogens is 7. The minimum atomic E-state index is -0.248. The molecule has 2 aromatic carbocycles. The lowest BCUT2D eigenvalue weighted by atomic mass is 10.2. The summed E-state index contributed by atoms with van der Waals surface area (Å²) in [6.45, 7) is 0. The fraction of sp³-hybridized carbons (Fsp3) is 0. The van der Waals surface area contributed by atoms with E-state index in [1.165, 1.54) is 11.0 Å². The van der Waals surface area contributed by atoms with Gasteiger partial charge < -0.3 is 5.32 Å². The minimum Gasteiger partial charge on any atom is -0.321 e. The van der Waals surface area contributed by atoms with Crippen molar-refractivity contribution in [1.82, 2.24) is 34.7 Å². The van der Waals surface area contributed by atoms with Gasteiger partial charge in [-0.15, -0.1) is 5.10 Å². The van der Waals surface area contributed by atoms with Crippen LogP contribution in [0.2, 0.25) is 0 Å². The lowest BCUT2D eigenvalue weighted by Gasteiger charge is -2.08. The van der Waals surface area contributed by atoms with E-state index < -0.39 is 0 Å². The van der Waals surface area contributed by atoms with E-state index in [9.17, 15) is 4.79 Å². The number of para-hydroxylation sites is 2. The SMILES string of the molecule is O=C(Nc1ccc(-n2cnc3ccccc32)nc1)c1cccc(-n2cnnn2)c1. The van der Waals surface area contributed by atoms with Crippen LogP contribution in [0.3, 0.4) is 0 Å². The molecule has 0 aliphatic rings. The third-order valence-corrected chi connectivity index (χ3v) is 4.43. The van der Waals surface area contributed by atoms with Crippen LogP contribution in [0.4, 0.5) is 5.69 Å². The van der Waals surface area contributed by atoms with E-state index in [1.54, 1.807) is 36.8 Å². The van der Waals surface area contributed by atoms with Gasteiger partial charge in [0.15, 0.2) is 0 Å². The molecule has 0 spiro atoms. The molecular formula is C20H14N8O. The second-order valence-electron chi connectivity index (χ2n) is 6.27. The molecule has 29 heavy (non-hydrogen) atoms. The number of carbonyl (C=O) groups excluding carboxylic acids is 1. The van der Waals surface area contributed by atoms with Crippen molar-refractivity contribution in [3.05, 3.63) is 85.1 Å². The molecule has 140 valence electrons. The molecule has 0 aliphatic heterocycles. The summed E-state index contributed by atoms with van der Waals surface area (Å²) < 4.78 is 3.39. The molecule has 0 saturated heterocycles. The molecule has 0 bridgehead atoms. The standard InChI is InChI=1S/C20H14N8O/c29-20(14-4-3-5-16(10-14)28-13-23-25-26-28)24-15-8-9-19(21-11-15)27-12-22-17-6-1-2-7-18(17)27/h1-13H,(H,24,29). The van der Waals surface area contributed by atoms with Crippen LogP contribution in [-0.2, 0) is 0 Å². The number of carbonyl (C=O) groups is 1. The molecule has 0 aliphatic carbocycles. The van der Waals surface area contributed by atoms with Gasteiger partial charge in [0, 0.05) is 5.56 Å². The molecule has 0 saturated carbocycles. The van der Waals surface area contributed by atoms with Gasteiger partial charge >= 0.3 is 0 Å². The van der Waals surface area contributed by atoms with Crippen LogP contribution in [0, 0.1) is 0 Å². The molecule has 0 fully saturated rings. The van der Waals surface area contributed by atoms with Crippen LogP contribution in [0.1, 0.15) is 10.4 Å². The van der Waals surface area contributed by atoms with E-state index in [-0.39, 0.29) is 5.91 Å². The van der Waals surface area contributed by atoms with Gasteiger partial charge in [-0.2, -0.15) is 0 Å². The molecule has 9 heteroatoms. The van der Waals surface area contributed by atoms with Crippen molar-refractivity contribution in [3.8, 4) is 11.5 Å². The van der Waals surface area contributed by atoms with Gasteiger partial charge in [-0.25, -0.2) is 14.6 Å². The maximum Gasteiger partial charge on any atom is 0.255 e. The third kappa shape index (κ3) is 3.21. The van der Waals surface area contributed by atoms with Gasteiger partial charge in [-0.1, -0.05) is 18.2 Å². The Morgan fingerprint density at radius 2 is 1.86 bits per heavy atom. The summed E-state index contributed by atoms with van der Waals surface area (Å²) >= 11 is 0. The number of nitrogens with one attached hydrogen (secondary N) is 1. The number of amides is 1. The van der Waals surface area contributed by atoms with E-state index in [4.69, 9.17) is 0 Å². The van der Waals surface area contributed by atoms with Gasteiger partial charge in [0.1, 0.15) is 18.5 Å². The minimum absolute atomic E-state index is 0.248. The van der Waals surface area contributed by atoms with Crippen molar-refractivity contribution >= 4 is 22.6 Å². The van der Waals surface area contributed by atoms with Crippen molar-refractivity contribution in [1.29, 1.82) is 0 Å². The number of pyridine rings is 1. The number of rotatable bonds is 4. The van der Waals surface area contributed by atoms with E-state index >= 15 is 0 Å². The zero-order valence-corrected chi connectivity index (χ0v) is 15.0. The Labute approximate surface area is 164 Å². The highest BCUT2D eigenvalue weighted by molar-refractivity contribution is 6.04. The molecule has 1 N–H and O–H groups in total. The lowest BCUT2D eigenvalue weighted by Crippen LogP contribution is -2.13. The van der Waals surface area contributed by atoms with E-state index in [2.05, 4.69) is 30.8 Å². The number of anilines is 1. The largest absolute Gasteiger partial charge is 0.321 e. The van der Waals surface area contributed by atoms with Gasteiger partial charge in [0.25, 0.3) is 5.91 Å². The molecule has 3 aromatic heterocycles. The van der Waals surface area contributed by atoms with Gasteiger partial charge in [-0.3, -0.25) is 9.36 Å². The Morgan fingerprint density at radius 1 is 0.931 bits per heavy atom. The first-order valence-corrected chi connectivity index (χ1v) is 8.81. The van der Waals surface area contributed by atoms with Crippen LogP contribution in [0.15, 0.2) is 79.5 Å². The Kier molecular flexibility index (Phi) is 4.02. The average molecular weight is 382 g/mol. The van der Waals surface area contributed by atoms with E-state index in [0.29, 0.717) is 16.9 Å². The molecule has 0 atom stereocenters. The second-order valence-corrected chi connectivity index (χ2v) is 6.27. The predicted molar refractivity (Wildman–Crippen MR) is 106 cm³/mol. The summed E-state index contributed by atoms with van der Waals surface area (Å²) in [5.74, 6) is 0.472. The van der Waals surface area contributed by atoms with Crippen molar-refractivity contribution in [3.63, 3.8) is 0 Å². The van der Waals surface area contributed by atoms with Crippen LogP contribution < -0.4 is 5.32 Å². The summed E-state index contributed by atoms with van der Waals surface area (Å²) in [6.07, 6.45) is 4.82. The summed E-state index contributed by atoms with van der Waals surface area (Å²) in [7, 11) is 0. The summed E-state index contributed by atoms with van der Waals surface area (Å²) in [6, 6.07) is 18.5. The zero-order valence-electron chi connectivity index (χ0n) is 15.0. The topological polar surface area (TPSA) is 103 Å². The smallest absolute Gasteiger partial charge is 0.255 e. The van der Waals surface area contributed by atoms with Crippen LogP contribution in [0.25, 0.3) is 22.5 Å². The molecule has 0 unspecified atom stereocenters. The molecule has 9 nitrogen and oxygen atoms in total. The summed E-state index contributed by atoms with van der Waals surface area (Å²) in [5, 5.41) is 13.9. The maximum atomic E-state index is 12.6. The molecule has 1 amide bonds. The zero-order chi connectivity index (χ0) is 19.6. The highest BCUT2D eigenvalue weighted by atomic mass is 16.1. The Morgan fingerprint density at radius 3 is 2.69 bits per heavy atom. The monoisotopic (exact) mass is 382 g/mol. The number of tetrazole rings is 1. The van der Waals surface area contributed by atoms with Crippen molar-refractivity contribution in [2.45, 2.75) is 0 Å². The molecular weight excluding hydrogens is 368 g/mol. The number of hydrogen-bond donors (Lipinski definition) is 1. The molecule has 5 aromatic rings. The quantitative estimate of drug-likeness (QED) is 0.512. The molecule has 0 radical (unpaired) electrons. The second kappa shape index (κ2) is 6.97. The first-order chi connectivity index (χ1) is 14.3. The Bertz CT molecular complexity index is 1290. The van der Waals surface area contributed by atoms with Gasteiger partial charge in [0.2, 0.25) is 0 Å². The van der Waals surface area contributed by atoms with Crippen molar-refractivity contribution in [2.24, 2.45) is 0 Å². The van der Waals surface area contributed by atoms with Crippen molar-refractivity contribution in [2.75, 3.05) is 5.32 Å². The van der Waals surface area contributed by atoms with Gasteiger partial charge in [-0.05, 0) is 52.9 Å². The van der Waals surface area contributed by atoms with Crippen LogP contribution in [-0.4, -0.2) is 40.6 Å². The first-order valence-electron chi connectivity index (χ1n) is 8.81. The first kappa shape index (κ1) is 16.8. The Balaban J connectivity index is 1.36. The average Bonchev–Trinajstić information content (AvgIpc) is 3.45. The molecule has 3 heterocycles. The number of benzene rings is 2. The van der Waals surface area contributed by atoms with Crippen LogP contribution >= 0.6 is 0 Å². The maximum absolute atomic E-state index is 12.6. The highest BCUT2D eigenvalue weighted by Crippen LogP contribution is 2.18. The van der Waals surface area contributed by atoms with E-state index in [0.717, 1.165) is 16.9 Å². The van der Waals surface area contributed by atoms with Gasteiger partial charge in [0.05, 0.1) is 28.6 Å². The normalized spacial score (nSPS) is 10.9. The molecule has 5 rings (SSSR count). The fourth-order valence-electron chi connectivity index (χ4n) is 3.02.